The minimum atomic E-state index is 0.375. The summed E-state index contributed by atoms with van der Waals surface area (Å²) in [5, 5.41) is 6.94. The second kappa shape index (κ2) is 6.49. The number of hydrogen-bond donors (Lipinski definition) is 1. The monoisotopic (exact) mass is 279 g/mol. The number of rotatable bonds is 6. The Labute approximate surface area is 117 Å². The van der Waals surface area contributed by atoms with Crippen LogP contribution in [0.5, 0.6) is 5.75 Å². The highest BCUT2D eigenvalue weighted by Gasteiger charge is 2.06. The maximum atomic E-state index is 5.69. The van der Waals surface area contributed by atoms with Crippen LogP contribution in [0.1, 0.15) is 11.4 Å². The Balaban J connectivity index is 2.03. The lowest BCUT2D eigenvalue weighted by Crippen LogP contribution is -2.10. The number of aromatic nitrogens is 3. The Hall–Kier alpha value is -1.66. The highest BCUT2D eigenvalue weighted by molar-refractivity contribution is 7.71. The Bertz CT molecular complexity index is 574. The minimum absolute atomic E-state index is 0.375. The third-order valence-corrected chi connectivity index (χ3v) is 3.06. The fourth-order valence-corrected chi connectivity index (χ4v) is 1.90. The highest BCUT2D eigenvalue weighted by atomic mass is 32.1. The normalized spacial score (nSPS) is 10.6. The lowest BCUT2D eigenvalue weighted by Gasteiger charge is -2.08. The Morgan fingerprint density at radius 1 is 1.32 bits per heavy atom. The van der Waals surface area contributed by atoms with Gasteiger partial charge in [0, 0.05) is 7.11 Å². The van der Waals surface area contributed by atoms with Crippen LogP contribution >= 0.6 is 12.2 Å². The minimum Gasteiger partial charge on any atom is -0.486 e. The third kappa shape index (κ3) is 3.65. The first-order chi connectivity index (χ1) is 9.20. The van der Waals surface area contributed by atoms with Gasteiger partial charge in [0.05, 0.1) is 13.2 Å². The first-order valence-electron chi connectivity index (χ1n) is 6.03. The van der Waals surface area contributed by atoms with Gasteiger partial charge in [-0.2, -0.15) is 5.10 Å². The van der Waals surface area contributed by atoms with E-state index >= 15 is 0 Å². The van der Waals surface area contributed by atoms with Crippen molar-refractivity contribution < 1.29 is 9.47 Å². The molecule has 0 saturated heterocycles. The summed E-state index contributed by atoms with van der Waals surface area (Å²) < 4.78 is 13.2. The fourth-order valence-electron chi connectivity index (χ4n) is 1.66. The average molecular weight is 279 g/mol. The van der Waals surface area contributed by atoms with E-state index < -0.39 is 0 Å². The van der Waals surface area contributed by atoms with Gasteiger partial charge in [-0.15, -0.1) is 0 Å². The van der Waals surface area contributed by atoms with Gasteiger partial charge in [-0.05, 0) is 31.3 Å². The van der Waals surface area contributed by atoms with Gasteiger partial charge in [0.1, 0.15) is 12.4 Å². The van der Waals surface area contributed by atoms with Crippen molar-refractivity contribution in [2.75, 3.05) is 13.7 Å². The van der Waals surface area contributed by atoms with E-state index in [4.69, 9.17) is 21.7 Å². The Kier molecular flexibility index (Phi) is 4.70. The standard InChI is InChI=1S/C13H17N3O2S/c1-10-3-5-11(6-4-10)18-9-12-14-15-13(19)16(12)7-8-17-2/h3-6H,7-9H2,1-2H3,(H,15,19). The molecule has 0 amide bonds. The Morgan fingerprint density at radius 2 is 2.05 bits per heavy atom. The summed E-state index contributed by atoms with van der Waals surface area (Å²) in [6.45, 7) is 3.67. The van der Waals surface area contributed by atoms with Gasteiger partial charge in [0.25, 0.3) is 0 Å². The molecule has 1 aromatic heterocycles. The molecule has 2 aromatic rings. The lowest BCUT2D eigenvalue weighted by atomic mass is 10.2. The maximum Gasteiger partial charge on any atom is 0.195 e. The molecular weight excluding hydrogens is 262 g/mol. The van der Waals surface area contributed by atoms with E-state index in [2.05, 4.69) is 10.2 Å². The van der Waals surface area contributed by atoms with Crippen molar-refractivity contribution in [3.05, 3.63) is 40.4 Å². The number of methoxy groups -OCH3 is 1. The predicted octanol–water partition coefficient (Wildman–Crippen LogP) is 2.47. The van der Waals surface area contributed by atoms with Crippen LogP contribution in [0, 0.1) is 11.7 Å². The van der Waals surface area contributed by atoms with E-state index in [1.165, 1.54) is 5.56 Å². The van der Waals surface area contributed by atoms with Crippen molar-refractivity contribution in [3.8, 4) is 5.75 Å². The molecule has 102 valence electrons. The summed E-state index contributed by atoms with van der Waals surface area (Å²) in [7, 11) is 1.66. The number of hydrogen-bond acceptors (Lipinski definition) is 4. The van der Waals surface area contributed by atoms with Crippen molar-refractivity contribution in [2.24, 2.45) is 0 Å². The molecule has 0 radical (unpaired) electrons. The van der Waals surface area contributed by atoms with Gasteiger partial charge >= 0.3 is 0 Å². The zero-order chi connectivity index (χ0) is 13.7. The fraction of sp³-hybridized carbons (Fsp3) is 0.385. The van der Waals surface area contributed by atoms with Gasteiger partial charge in [-0.25, -0.2) is 0 Å². The van der Waals surface area contributed by atoms with Gasteiger partial charge in [-0.1, -0.05) is 17.7 Å². The molecule has 19 heavy (non-hydrogen) atoms. The van der Waals surface area contributed by atoms with Crippen LogP contribution in [0.3, 0.4) is 0 Å². The van der Waals surface area contributed by atoms with Crippen LogP contribution in [0.4, 0.5) is 0 Å². The number of benzene rings is 1. The third-order valence-electron chi connectivity index (χ3n) is 2.75. The van der Waals surface area contributed by atoms with Crippen molar-refractivity contribution in [1.29, 1.82) is 0 Å². The van der Waals surface area contributed by atoms with Crippen molar-refractivity contribution >= 4 is 12.2 Å². The van der Waals surface area contributed by atoms with Gasteiger partial charge < -0.3 is 9.47 Å². The van der Waals surface area contributed by atoms with Crippen LogP contribution in [-0.4, -0.2) is 28.5 Å². The second-order valence-electron chi connectivity index (χ2n) is 4.19. The molecule has 0 aliphatic carbocycles. The van der Waals surface area contributed by atoms with Crippen LogP contribution in [0.15, 0.2) is 24.3 Å². The molecule has 1 aromatic carbocycles. The van der Waals surface area contributed by atoms with E-state index in [0.717, 1.165) is 11.6 Å². The quantitative estimate of drug-likeness (QED) is 0.825. The van der Waals surface area contributed by atoms with E-state index in [1.807, 2.05) is 35.8 Å². The summed E-state index contributed by atoms with van der Waals surface area (Å²) in [5.74, 6) is 1.58. The molecule has 5 nitrogen and oxygen atoms in total. The van der Waals surface area contributed by atoms with Crippen LogP contribution < -0.4 is 4.74 Å². The Morgan fingerprint density at radius 3 is 2.74 bits per heavy atom. The number of nitrogens with zero attached hydrogens (tertiary/aromatic N) is 2. The van der Waals surface area contributed by atoms with E-state index in [-0.39, 0.29) is 0 Å². The molecule has 1 N–H and O–H groups in total. The smallest absolute Gasteiger partial charge is 0.195 e. The number of ether oxygens (including phenoxy) is 2. The molecular formula is C13H17N3O2S. The predicted molar refractivity (Wildman–Crippen MR) is 74.8 cm³/mol. The largest absolute Gasteiger partial charge is 0.486 e. The summed E-state index contributed by atoms with van der Waals surface area (Å²) in [6, 6.07) is 7.90. The zero-order valence-electron chi connectivity index (χ0n) is 11.0. The van der Waals surface area contributed by atoms with Gasteiger partial charge in [0.2, 0.25) is 0 Å². The van der Waals surface area contributed by atoms with E-state index in [1.54, 1.807) is 7.11 Å². The number of nitrogens with one attached hydrogen (secondary N) is 1. The lowest BCUT2D eigenvalue weighted by molar-refractivity contribution is 0.183. The van der Waals surface area contributed by atoms with E-state index in [0.29, 0.717) is 24.5 Å². The molecule has 0 spiro atoms. The van der Waals surface area contributed by atoms with Crippen LogP contribution in [0.2, 0.25) is 0 Å². The summed E-state index contributed by atoms with van der Waals surface area (Å²) in [5.41, 5.74) is 1.20. The number of aromatic amines is 1. The van der Waals surface area contributed by atoms with Crippen LogP contribution in [0.25, 0.3) is 0 Å². The molecule has 6 heteroatoms. The zero-order valence-corrected chi connectivity index (χ0v) is 11.9. The SMILES string of the molecule is COCCn1c(COc2ccc(C)cc2)n[nH]c1=S. The number of H-pyrrole nitrogens is 1. The first-order valence-corrected chi connectivity index (χ1v) is 6.44. The summed E-state index contributed by atoms with van der Waals surface area (Å²) in [6.07, 6.45) is 0. The maximum absolute atomic E-state index is 5.69. The molecule has 0 atom stereocenters. The van der Waals surface area contributed by atoms with Gasteiger partial charge in [-0.3, -0.25) is 9.67 Å². The van der Waals surface area contributed by atoms with Gasteiger partial charge in [0.15, 0.2) is 10.6 Å². The molecule has 0 aliphatic rings. The molecule has 0 saturated carbocycles. The molecule has 1 heterocycles. The molecule has 0 fully saturated rings. The topological polar surface area (TPSA) is 52.1 Å². The molecule has 2 rings (SSSR count). The van der Waals surface area contributed by atoms with Crippen LogP contribution in [-0.2, 0) is 17.9 Å². The van der Waals surface area contributed by atoms with Crippen molar-refractivity contribution in [3.63, 3.8) is 0 Å². The van der Waals surface area contributed by atoms with Crippen molar-refractivity contribution in [2.45, 2.75) is 20.1 Å². The average Bonchev–Trinajstić information content (AvgIpc) is 2.76. The molecule has 0 aliphatic heterocycles. The first kappa shape index (κ1) is 13.8. The molecule has 0 bridgehead atoms. The highest BCUT2D eigenvalue weighted by Crippen LogP contribution is 2.13. The van der Waals surface area contributed by atoms with E-state index in [9.17, 15) is 0 Å². The summed E-state index contributed by atoms with van der Waals surface area (Å²) >= 11 is 5.17. The van der Waals surface area contributed by atoms with Crippen molar-refractivity contribution in [1.82, 2.24) is 14.8 Å². The second-order valence-corrected chi connectivity index (χ2v) is 4.58. The summed E-state index contributed by atoms with van der Waals surface area (Å²) in [4.78, 5) is 0. The molecule has 0 unspecified atom stereocenters. The number of aryl methyl sites for hydroxylation is 1.